The predicted molar refractivity (Wildman–Crippen MR) is 117 cm³/mol. The van der Waals surface area contributed by atoms with Gasteiger partial charge in [-0.3, -0.25) is 4.79 Å². The van der Waals surface area contributed by atoms with E-state index in [9.17, 15) is 25.2 Å². The van der Waals surface area contributed by atoms with Crippen molar-refractivity contribution in [2.24, 2.45) is 22.7 Å². The lowest BCUT2D eigenvalue weighted by Gasteiger charge is -2.53. The minimum atomic E-state index is -1.41. The summed E-state index contributed by atoms with van der Waals surface area (Å²) in [5.41, 5.74) is 2.81. The van der Waals surface area contributed by atoms with Gasteiger partial charge < -0.3 is 29.9 Å². The fourth-order valence-electron chi connectivity index (χ4n) is 6.54. The van der Waals surface area contributed by atoms with Crippen molar-refractivity contribution in [1.29, 1.82) is 0 Å². The minimum absolute atomic E-state index is 0.0195. The number of ether oxygens (including phenoxy) is 2. The van der Waals surface area contributed by atoms with Gasteiger partial charge in [0.05, 0.1) is 18.8 Å². The maximum atomic E-state index is 11.8. The number of carbonyl (C=O) groups is 1. The number of hydrogen-bond donors (Lipinski definition) is 4. The van der Waals surface area contributed by atoms with Crippen molar-refractivity contribution in [2.75, 3.05) is 6.61 Å². The molecule has 4 rings (SSSR count). The Bertz CT molecular complexity index is 804. The predicted octanol–water partition coefficient (Wildman–Crippen LogP) is 1.87. The lowest BCUT2D eigenvalue weighted by atomic mass is 9.54. The molecule has 9 unspecified atom stereocenters. The fraction of sp³-hybridized carbons (Fsp3) is 0.800. The lowest BCUT2D eigenvalue weighted by Crippen LogP contribution is -2.56. The Kier molecular flexibility index (Phi) is 6.46. The molecule has 7 nitrogen and oxygen atoms in total. The zero-order valence-electron chi connectivity index (χ0n) is 19.5. The van der Waals surface area contributed by atoms with Gasteiger partial charge in [-0.2, -0.15) is 0 Å². The summed E-state index contributed by atoms with van der Waals surface area (Å²) in [7, 11) is 0. The summed E-state index contributed by atoms with van der Waals surface area (Å²) in [4.78, 5) is 11.8. The lowest BCUT2D eigenvalue weighted by molar-refractivity contribution is -0.289. The third-order valence-corrected chi connectivity index (χ3v) is 8.71. The molecule has 9 atom stereocenters. The molecule has 0 bridgehead atoms. The molecule has 4 aliphatic rings. The second kappa shape index (κ2) is 8.60. The van der Waals surface area contributed by atoms with Crippen LogP contribution in [0, 0.1) is 22.7 Å². The molecule has 0 spiro atoms. The van der Waals surface area contributed by atoms with Crippen molar-refractivity contribution in [3.05, 3.63) is 22.8 Å². The molecule has 0 aromatic rings. The van der Waals surface area contributed by atoms with E-state index in [1.54, 1.807) is 6.08 Å². The molecule has 1 heterocycles. The summed E-state index contributed by atoms with van der Waals surface area (Å²) in [6, 6.07) is 0. The van der Waals surface area contributed by atoms with Gasteiger partial charge in [-0.1, -0.05) is 38.8 Å². The molecule has 1 aliphatic heterocycles. The van der Waals surface area contributed by atoms with Crippen molar-refractivity contribution in [3.63, 3.8) is 0 Å². The monoisotopic (exact) mass is 450 g/mol. The van der Waals surface area contributed by atoms with Crippen LogP contribution in [0.25, 0.3) is 0 Å². The highest BCUT2D eigenvalue weighted by Crippen LogP contribution is 2.63. The highest BCUT2D eigenvalue weighted by atomic mass is 16.7. The van der Waals surface area contributed by atoms with Crippen LogP contribution in [0.15, 0.2) is 22.8 Å². The average molecular weight is 451 g/mol. The normalized spacial score (nSPS) is 47.0. The SMILES string of the molecule is CC(C)C1=C2C3CC(O)C(C=O)=CC(OC4OCC(O)C(O)C4O)C3(C)CCC2(C)CC1. The average Bonchev–Trinajstić information content (AvgIpc) is 3.06. The summed E-state index contributed by atoms with van der Waals surface area (Å²) < 4.78 is 11.8. The van der Waals surface area contributed by atoms with E-state index in [0.717, 1.165) is 25.7 Å². The first-order valence-electron chi connectivity index (χ1n) is 11.9. The van der Waals surface area contributed by atoms with E-state index in [2.05, 4.69) is 27.7 Å². The van der Waals surface area contributed by atoms with Crippen LogP contribution in [-0.2, 0) is 14.3 Å². The highest BCUT2D eigenvalue weighted by Gasteiger charge is 2.56. The van der Waals surface area contributed by atoms with Crippen molar-refractivity contribution in [3.8, 4) is 0 Å². The minimum Gasteiger partial charge on any atom is -0.388 e. The molecular formula is C25H38O7. The molecular weight excluding hydrogens is 412 g/mol. The Balaban J connectivity index is 1.75. The van der Waals surface area contributed by atoms with Gasteiger partial charge in [-0.25, -0.2) is 0 Å². The standard InChI is InChI=1S/C25H38O7/c1-13(2)15-5-6-24(3)7-8-25(4)16(20(15)24)10-17(27)14(11-26)9-19(25)32-23-22(30)21(29)18(28)12-31-23/h9,11,13,16-19,21-23,27-30H,5-8,10,12H2,1-4H3. The number of rotatable bonds is 4. The van der Waals surface area contributed by atoms with Gasteiger partial charge in [0.15, 0.2) is 6.29 Å². The zero-order valence-corrected chi connectivity index (χ0v) is 19.5. The van der Waals surface area contributed by atoms with Gasteiger partial charge in [0.25, 0.3) is 0 Å². The van der Waals surface area contributed by atoms with E-state index in [4.69, 9.17) is 9.47 Å². The molecule has 2 fully saturated rings. The maximum Gasteiger partial charge on any atom is 0.186 e. The first kappa shape index (κ1) is 24.0. The van der Waals surface area contributed by atoms with Gasteiger partial charge in [-0.05, 0) is 55.4 Å². The van der Waals surface area contributed by atoms with Crippen molar-refractivity contribution < 1.29 is 34.7 Å². The fourth-order valence-corrected chi connectivity index (χ4v) is 6.54. The van der Waals surface area contributed by atoms with Gasteiger partial charge in [0.2, 0.25) is 0 Å². The van der Waals surface area contributed by atoms with Crippen LogP contribution in [0.4, 0.5) is 0 Å². The first-order valence-corrected chi connectivity index (χ1v) is 11.9. The number of hydrogen-bond acceptors (Lipinski definition) is 7. The Labute approximate surface area is 190 Å². The molecule has 0 aromatic heterocycles. The molecule has 0 aromatic carbocycles. The summed E-state index contributed by atoms with van der Waals surface area (Å²) in [5, 5.41) is 41.3. The maximum absolute atomic E-state index is 11.8. The smallest absolute Gasteiger partial charge is 0.186 e. The topological polar surface area (TPSA) is 116 Å². The Hall–Kier alpha value is -1.09. The summed E-state index contributed by atoms with van der Waals surface area (Å²) in [6.45, 7) is 8.75. The molecule has 32 heavy (non-hydrogen) atoms. The van der Waals surface area contributed by atoms with Gasteiger partial charge >= 0.3 is 0 Å². The zero-order chi connectivity index (χ0) is 23.4. The number of carbonyl (C=O) groups excluding carboxylic acids is 1. The first-order chi connectivity index (χ1) is 15.0. The molecule has 3 aliphatic carbocycles. The highest BCUT2D eigenvalue weighted by molar-refractivity contribution is 5.75. The van der Waals surface area contributed by atoms with Crippen LogP contribution >= 0.6 is 0 Å². The second-order valence-electron chi connectivity index (χ2n) is 11.1. The third kappa shape index (κ3) is 3.81. The van der Waals surface area contributed by atoms with E-state index < -0.39 is 42.2 Å². The van der Waals surface area contributed by atoms with Gasteiger partial charge in [-0.15, -0.1) is 0 Å². The van der Waals surface area contributed by atoms with Crippen LogP contribution in [0.5, 0.6) is 0 Å². The van der Waals surface area contributed by atoms with E-state index >= 15 is 0 Å². The van der Waals surface area contributed by atoms with E-state index in [1.165, 1.54) is 11.1 Å². The van der Waals surface area contributed by atoms with Crippen LogP contribution in [0.2, 0.25) is 0 Å². The molecule has 0 amide bonds. The van der Waals surface area contributed by atoms with E-state index in [1.807, 2.05) is 0 Å². The van der Waals surface area contributed by atoms with E-state index in [0.29, 0.717) is 18.6 Å². The Morgan fingerprint density at radius 2 is 1.84 bits per heavy atom. The Morgan fingerprint density at radius 3 is 2.50 bits per heavy atom. The van der Waals surface area contributed by atoms with E-state index in [-0.39, 0.29) is 23.5 Å². The molecule has 7 heteroatoms. The van der Waals surface area contributed by atoms with Crippen LogP contribution in [0.1, 0.15) is 59.8 Å². The van der Waals surface area contributed by atoms with Gasteiger partial charge in [0.1, 0.15) is 24.6 Å². The molecule has 180 valence electrons. The van der Waals surface area contributed by atoms with Crippen LogP contribution in [0.3, 0.4) is 0 Å². The summed E-state index contributed by atoms with van der Waals surface area (Å²) in [6.07, 6.45) is 0.224. The third-order valence-electron chi connectivity index (χ3n) is 8.71. The van der Waals surface area contributed by atoms with Crippen molar-refractivity contribution in [2.45, 2.75) is 96.6 Å². The van der Waals surface area contributed by atoms with Gasteiger partial charge in [0, 0.05) is 11.0 Å². The van der Waals surface area contributed by atoms with Crippen LogP contribution in [-0.4, -0.2) is 70.1 Å². The quantitative estimate of drug-likeness (QED) is 0.382. The van der Waals surface area contributed by atoms with Crippen molar-refractivity contribution in [1.82, 2.24) is 0 Å². The number of aliphatic hydroxyl groups excluding tert-OH is 4. The number of allylic oxidation sites excluding steroid dienone is 2. The van der Waals surface area contributed by atoms with Crippen LogP contribution < -0.4 is 0 Å². The second-order valence-corrected chi connectivity index (χ2v) is 11.1. The largest absolute Gasteiger partial charge is 0.388 e. The summed E-state index contributed by atoms with van der Waals surface area (Å²) >= 11 is 0. The molecule has 4 N–H and O–H groups in total. The summed E-state index contributed by atoms with van der Waals surface area (Å²) in [5.74, 6) is 0.429. The number of fused-ring (bicyclic) bond motifs is 3. The Morgan fingerprint density at radius 1 is 1.12 bits per heavy atom. The number of aldehydes is 1. The molecule has 0 radical (unpaired) electrons. The molecule has 1 saturated heterocycles. The number of aliphatic hydroxyl groups is 4. The van der Waals surface area contributed by atoms with Crippen molar-refractivity contribution >= 4 is 6.29 Å². The molecule has 1 saturated carbocycles.